The summed E-state index contributed by atoms with van der Waals surface area (Å²) >= 11 is 6.50. The predicted molar refractivity (Wildman–Crippen MR) is 216 cm³/mol. The summed E-state index contributed by atoms with van der Waals surface area (Å²) in [4.78, 5) is 37.0. The van der Waals surface area contributed by atoms with Crippen molar-refractivity contribution in [1.82, 2.24) is 19.8 Å². The molecular formula is C43H47ClN8O2. The summed E-state index contributed by atoms with van der Waals surface area (Å²) in [5.41, 5.74) is 7.43. The fourth-order valence-corrected chi connectivity index (χ4v) is 9.87. The Morgan fingerprint density at radius 3 is 2.43 bits per heavy atom. The Bertz CT molecular complexity index is 2220. The number of fused-ring (bicyclic) bond motifs is 2. The van der Waals surface area contributed by atoms with E-state index in [1.54, 1.807) is 11.1 Å². The second kappa shape index (κ2) is 14.7. The molecular weight excluding hydrogens is 696 g/mol. The van der Waals surface area contributed by atoms with Crippen LogP contribution in [0.4, 0.5) is 21.9 Å². The van der Waals surface area contributed by atoms with E-state index in [-0.39, 0.29) is 11.9 Å². The van der Waals surface area contributed by atoms with Crippen LogP contribution in [-0.4, -0.2) is 78.7 Å². The molecule has 11 heteroatoms. The number of anilines is 3. The second-order valence-electron chi connectivity index (χ2n) is 15.7. The number of rotatable bonds is 7. The number of hydrogen-bond acceptors (Lipinski definition) is 6. The topological polar surface area (TPSA) is 104 Å². The monoisotopic (exact) mass is 742 g/mol. The van der Waals surface area contributed by atoms with Crippen molar-refractivity contribution in [2.24, 2.45) is 5.92 Å². The number of carbonyl (C=O) groups excluding carboxylic acids is 2. The maximum atomic E-state index is 12.6. The molecule has 0 unspecified atom stereocenters. The zero-order valence-corrected chi connectivity index (χ0v) is 31.4. The molecule has 0 bridgehead atoms. The van der Waals surface area contributed by atoms with E-state index in [9.17, 15) is 14.9 Å². The molecule has 2 N–H and O–H groups in total. The third-order valence-corrected chi connectivity index (χ3v) is 12.9. The summed E-state index contributed by atoms with van der Waals surface area (Å²) in [6.45, 7) is 7.96. The highest BCUT2D eigenvalue weighted by Crippen LogP contribution is 2.38. The smallest absolute Gasteiger partial charge is 0.328 e. The Kier molecular flexibility index (Phi) is 9.46. The van der Waals surface area contributed by atoms with E-state index in [1.807, 2.05) is 18.2 Å². The second-order valence-corrected chi connectivity index (χ2v) is 16.1. The number of benzene rings is 3. The van der Waals surface area contributed by atoms with E-state index in [1.165, 1.54) is 37.1 Å². The highest BCUT2D eigenvalue weighted by Gasteiger charge is 2.29. The standard InChI is InChI=1S/C43H47ClN8O2/c44-36-10-11-39(42-41(36)32(25-45)26-46-42)50-18-2-3-31(28-50)30-6-8-33(9-7-30)49-21-12-29(13-22-49)27-48-19-14-34(15-20-48)51-23-16-35-37(51)4-1-5-38(35)52-24-17-40(53)47-43(52)54/h1,4-11,16,23,26,29,31,34,46H,2-3,12-15,17-22,24,27-28H2,(H,47,53,54)/t31-/m0/s1. The van der Waals surface area contributed by atoms with E-state index in [4.69, 9.17) is 11.6 Å². The summed E-state index contributed by atoms with van der Waals surface area (Å²) in [6.07, 6.45) is 11.3. The summed E-state index contributed by atoms with van der Waals surface area (Å²) < 4.78 is 2.41. The van der Waals surface area contributed by atoms with E-state index < -0.39 is 0 Å². The molecule has 2 aromatic heterocycles. The number of carbonyl (C=O) groups is 2. The SMILES string of the molecule is N#Cc1c[nH]c2c(N3CCC[C@H](c4ccc(N5CCC(CN6CCC(n7ccc8c(N9CCC(=O)NC9=O)cccc87)CC6)CC5)cc4)C3)ccc(Cl)c12. The van der Waals surface area contributed by atoms with Gasteiger partial charge in [-0.3, -0.25) is 15.0 Å². The number of imide groups is 1. The number of halogens is 1. The molecule has 0 radical (unpaired) electrons. The molecule has 3 aromatic carbocycles. The number of nitriles is 1. The Morgan fingerprint density at radius 1 is 0.833 bits per heavy atom. The van der Waals surface area contributed by atoms with Crippen LogP contribution < -0.4 is 20.0 Å². The molecule has 6 heterocycles. The van der Waals surface area contributed by atoms with Gasteiger partial charge in [0.15, 0.2) is 0 Å². The van der Waals surface area contributed by atoms with Gasteiger partial charge in [0, 0.05) is 99.6 Å². The zero-order chi connectivity index (χ0) is 36.8. The van der Waals surface area contributed by atoms with E-state index >= 15 is 0 Å². The number of aromatic nitrogens is 2. The maximum absolute atomic E-state index is 12.6. The zero-order valence-electron chi connectivity index (χ0n) is 30.6. The Hall–Kier alpha value is -4.98. The molecule has 10 nitrogen and oxygen atoms in total. The van der Waals surface area contributed by atoms with Crippen molar-refractivity contribution in [3.63, 3.8) is 0 Å². The number of piperidine rings is 3. The van der Waals surface area contributed by atoms with Crippen molar-refractivity contribution in [2.75, 3.05) is 67.1 Å². The normalized spacial score (nSPS) is 20.9. The molecule has 4 saturated heterocycles. The first kappa shape index (κ1) is 34.8. The number of urea groups is 1. The van der Waals surface area contributed by atoms with Gasteiger partial charge in [0.1, 0.15) is 6.07 Å². The van der Waals surface area contributed by atoms with Crippen LogP contribution in [0.5, 0.6) is 0 Å². The minimum atomic E-state index is -0.335. The van der Waals surface area contributed by atoms with E-state index in [0.29, 0.717) is 35.5 Å². The van der Waals surface area contributed by atoms with Crippen LogP contribution >= 0.6 is 11.6 Å². The molecule has 278 valence electrons. The number of nitrogens with zero attached hydrogens (tertiary/aromatic N) is 6. The first-order chi connectivity index (χ1) is 26.4. The van der Waals surface area contributed by atoms with Gasteiger partial charge in [0.2, 0.25) is 5.91 Å². The van der Waals surface area contributed by atoms with Crippen LogP contribution in [0.1, 0.15) is 68.0 Å². The Labute approximate surface area is 321 Å². The lowest BCUT2D eigenvalue weighted by Crippen LogP contribution is -2.49. The number of hydrogen-bond donors (Lipinski definition) is 2. The van der Waals surface area contributed by atoms with Gasteiger partial charge in [0.05, 0.1) is 33.0 Å². The molecule has 9 rings (SSSR count). The first-order valence-electron chi connectivity index (χ1n) is 19.7. The van der Waals surface area contributed by atoms with Crippen molar-refractivity contribution in [1.29, 1.82) is 5.26 Å². The lowest BCUT2D eigenvalue weighted by Gasteiger charge is -2.39. The highest BCUT2D eigenvalue weighted by atomic mass is 35.5. The minimum Gasteiger partial charge on any atom is -0.372 e. The van der Waals surface area contributed by atoms with Gasteiger partial charge < -0.3 is 24.3 Å². The van der Waals surface area contributed by atoms with Gasteiger partial charge in [-0.05, 0) is 92.5 Å². The van der Waals surface area contributed by atoms with E-state index in [0.717, 1.165) is 97.6 Å². The molecule has 54 heavy (non-hydrogen) atoms. The number of amides is 3. The van der Waals surface area contributed by atoms with Crippen molar-refractivity contribution in [3.8, 4) is 6.07 Å². The largest absolute Gasteiger partial charge is 0.372 e. The summed E-state index contributed by atoms with van der Waals surface area (Å²) in [6, 6.07) is 24.0. The average molecular weight is 743 g/mol. The van der Waals surface area contributed by atoms with Crippen molar-refractivity contribution < 1.29 is 9.59 Å². The van der Waals surface area contributed by atoms with Crippen molar-refractivity contribution in [3.05, 3.63) is 89.2 Å². The van der Waals surface area contributed by atoms with Gasteiger partial charge in [-0.1, -0.05) is 29.8 Å². The third-order valence-electron chi connectivity index (χ3n) is 12.5. The van der Waals surface area contributed by atoms with Gasteiger partial charge in [-0.2, -0.15) is 5.26 Å². The van der Waals surface area contributed by atoms with Crippen LogP contribution in [0.2, 0.25) is 5.02 Å². The van der Waals surface area contributed by atoms with Gasteiger partial charge in [-0.15, -0.1) is 0 Å². The van der Waals surface area contributed by atoms with Crippen molar-refractivity contribution in [2.45, 2.75) is 56.9 Å². The van der Waals surface area contributed by atoms with Gasteiger partial charge >= 0.3 is 6.03 Å². The molecule has 5 aromatic rings. The molecule has 1 atom stereocenters. The van der Waals surface area contributed by atoms with Gasteiger partial charge in [-0.25, -0.2) is 4.79 Å². The van der Waals surface area contributed by atoms with Crippen LogP contribution in [0, 0.1) is 17.2 Å². The first-order valence-corrected chi connectivity index (χ1v) is 20.0. The van der Waals surface area contributed by atoms with E-state index in [2.05, 4.69) is 84.3 Å². The number of likely N-dealkylation sites (tertiary alicyclic amines) is 1. The molecule has 3 amide bonds. The molecule has 4 fully saturated rings. The fourth-order valence-electron chi connectivity index (χ4n) is 9.61. The molecule has 0 saturated carbocycles. The Morgan fingerprint density at radius 2 is 1.65 bits per heavy atom. The molecule has 0 aliphatic carbocycles. The highest BCUT2D eigenvalue weighted by molar-refractivity contribution is 6.36. The van der Waals surface area contributed by atoms with Crippen LogP contribution in [0.15, 0.2) is 73.1 Å². The summed E-state index contributed by atoms with van der Waals surface area (Å²) in [7, 11) is 0. The van der Waals surface area contributed by atoms with Gasteiger partial charge in [0.25, 0.3) is 0 Å². The Balaban J connectivity index is 0.766. The fraction of sp³-hybridized carbons (Fsp3) is 0.419. The molecule has 4 aliphatic heterocycles. The minimum absolute atomic E-state index is 0.209. The molecule has 4 aliphatic rings. The van der Waals surface area contributed by atoms with Crippen LogP contribution in [0.25, 0.3) is 21.8 Å². The number of H-pyrrole nitrogens is 1. The lowest BCUT2D eigenvalue weighted by molar-refractivity contribution is -0.120. The van der Waals surface area contributed by atoms with Crippen LogP contribution in [-0.2, 0) is 4.79 Å². The maximum Gasteiger partial charge on any atom is 0.328 e. The summed E-state index contributed by atoms with van der Waals surface area (Å²) in [5, 5.41) is 14.5. The summed E-state index contributed by atoms with van der Waals surface area (Å²) in [5.74, 6) is 0.981. The lowest BCUT2D eigenvalue weighted by atomic mass is 9.89. The number of nitrogens with one attached hydrogen (secondary N) is 2. The predicted octanol–water partition coefficient (Wildman–Crippen LogP) is 8.03. The van der Waals surface area contributed by atoms with Crippen molar-refractivity contribution >= 4 is 62.4 Å². The number of aromatic amines is 1. The quantitative estimate of drug-likeness (QED) is 0.175. The average Bonchev–Trinajstić information content (AvgIpc) is 3.85. The molecule has 0 spiro atoms. The van der Waals surface area contributed by atoms with Crippen LogP contribution in [0.3, 0.4) is 0 Å². The third kappa shape index (κ3) is 6.58.